The molecule has 1 N–H and O–H groups in total. The van der Waals surface area contributed by atoms with E-state index in [2.05, 4.69) is 20.1 Å². The van der Waals surface area contributed by atoms with Crippen LogP contribution in [0.3, 0.4) is 0 Å². The van der Waals surface area contributed by atoms with E-state index < -0.39 is 15.8 Å². The summed E-state index contributed by atoms with van der Waals surface area (Å²) in [4.78, 5) is 23.2. The SMILES string of the molecule is COc1ccc(CN(Cc2ccc(OC)cc2)c2cc(-c3cc(CCN4CCN(S(C)(=O)=O)C[C@@H]4C)cnc3Nc3cnc(OC)c(F)c3)nc(C)n2)cc1. The molecule has 2 aromatic carbocycles. The molecule has 0 saturated carbocycles. The molecule has 0 aliphatic carbocycles. The Morgan fingerprint density at radius 3 is 2.07 bits per heavy atom. The molecule has 1 saturated heterocycles. The second-order valence-corrected chi connectivity index (χ2v) is 15.5. The van der Waals surface area contributed by atoms with Gasteiger partial charge < -0.3 is 24.4 Å². The zero-order valence-electron chi connectivity index (χ0n) is 32.0. The van der Waals surface area contributed by atoms with E-state index in [0.717, 1.165) is 28.2 Å². The molecule has 1 atom stereocenters. The summed E-state index contributed by atoms with van der Waals surface area (Å²) in [6, 6.07) is 21.3. The summed E-state index contributed by atoms with van der Waals surface area (Å²) >= 11 is 0. The van der Waals surface area contributed by atoms with Gasteiger partial charge in [0.1, 0.15) is 29.0 Å². The van der Waals surface area contributed by atoms with Crippen molar-refractivity contribution in [3.63, 3.8) is 0 Å². The van der Waals surface area contributed by atoms with E-state index in [1.165, 1.54) is 29.9 Å². The van der Waals surface area contributed by atoms with Gasteiger partial charge in [-0.15, -0.1) is 0 Å². The Bertz CT molecular complexity index is 2140. The van der Waals surface area contributed by atoms with E-state index in [9.17, 15) is 12.8 Å². The van der Waals surface area contributed by atoms with Crippen molar-refractivity contribution in [2.75, 3.05) is 64.0 Å². The van der Waals surface area contributed by atoms with Crippen LogP contribution in [0.1, 0.15) is 29.4 Å². The number of halogens is 1. The fourth-order valence-corrected chi connectivity index (χ4v) is 7.46. The molecule has 6 rings (SSSR count). The molecule has 1 aliphatic rings. The molecule has 1 fully saturated rings. The molecule has 5 aromatic rings. The second-order valence-electron chi connectivity index (χ2n) is 13.5. The minimum atomic E-state index is -3.25. The van der Waals surface area contributed by atoms with Crippen LogP contribution in [0.4, 0.5) is 21.7 Å². The quantitative estimate of drug-likeness (QED) is 0.137. The van der Waals surface area contributed by atoms with Crippen molar-refractivity contribution in [1.82, 2.24) is 29.1 Å². The second kappa shape index (κ2) is 17.4. The van der Waals surface area contributed by atoms with Crippen molar-refractivity contribution >= 4 is 27.3 Å². The zero-order valence-corrected chi connectivity index (χ0v) is 32.8. The lowest BCUT2D eigenvalue weighted by Gasteiger charge is -2.38. The van der Waals surface area contributed by atoms with Gasteiger partial charge in [0, 0.05) is 69.2 Å². The summed E-state index contributed by atoms with van der Waals surface area (Å²) in [6.45, 7) is 7.26. The van der Waals surface area contributed by atoms with E-state index in [1.807, 2.05) is 74.5 Å². The number of aryl methyl sites for hydroxylation is 1. The fraction of sp³-hybridized carbons (Fsp3) is 0.350. The Morgan fingerprint density at radius 1 is 0.855 bits per heavy atom. The van der Waals surface area contributed by atoms with Crippen LogP contribution in [0.25, 0.3) is 11.3 Å². The molecule has 0 bridgehead atoms. The van der Waals surface area contributed by atoms with E-state index in [0.29, 0.717) is 80.1 Å². The van der Waals surface area contributed by atoms with Crippen LogP contribution >= 0.6 is 0 Å². The number of hydrogen-bond donors (Lipinski definition) is 1. The van der Waals surface area contributed by atoms with Crippen molar-refractivity contribution in [2.24, 2.45) is 0 Å². The van der Waals surface area contributed by atoms with Crippen molar-refractivity contribution < 1.29 is 27.0 Å². The maximum atomic E-state index is 14.7. The van der Waals surface area contributed by atoms with E-state index in [1.54, 1.807) is 20.4 Å². The highest BCUT2D eigenvalue weighted by Gasteiger charge is 2.28. The Hall–Kier alpha value is -5.38. The lowest BCUT2D eigenvalue weighted by atomic mass is 10.1. The molecule has 0 radical (unpaired) electrons. The van der Waals surface area contributed by atoms with Crippen LogP contribution in [-0.2, 0) is 29.5 Å². The molecule has 55 heavy (non-hydrogen) atoms. The third-order valence-corrected chi connectivity index (χ3v) is 10.9. The van der Waals surface area contributed by atoms with Gasteiger partial charge in [0.15, 0.2) is 5.82 Å². The van der Waals surface area contributed by atoms with Crippen LogP contribution in [0, 0.1) is 12.7 Å². The van der Waals surface area contributed by atoms with Gasteiger partial charge in [-0.3, -0.25) is 4.90 Å². The van der Waals surface area contributed by atoms with Crippen molar-refractivity contribution in [3.8, 4) is 28.6 Å². The summed E-state index contributed by atoms with van der Waals surface area (Å²) in [5.41, 5.74) is 4.82. The lowest BCUT2D eigenvalue weighted by Crippen LogP contribution is -2.53. The fourth-order valence-electron chi connectivity index (χ4n) is 6.56. The van der Waals surface area contributed by atoms with Crippen LogP contribution < -0.4 is 24.4 Å². The van der Waals surface area contributed by atoms with Crippen LogP contribution in [0.15, 0.2) is 79.1 Å². The highest BCUT2D eigenvalue weighted by Crippen LogP contribution is 2.32. The molecule has 13 nitrogen and oxygen atoms in total. The number of rotatable bonds is 15. The average Bonchev–Trinajstić information content (AvgIpc) is 3.17. The number of piperazine rings is 1. The summed E-state index contributed by atoms with van der Waals surface area (Å²) in [5.74, 6) is 2.57. The predicted octanol–water partition coefficient (Wildman–Crippen LogP) is 5.87. The van der Waals surface area contributed by atoms with Crippen molar-refractivity contribution in [1.29, 1.82) is 0 Å². The standard InChI is InChI=1S/C40H47FN8O5S/c1-27-24-49(55(6,50)51)18-17-47(27)16-15-31-19-35(39(42-22-31)46-32-20-36(41)40(54-5)43-23-32)37-21-38(45-28(2)44-37)48(25-29-7-11-33(52-3)12-8-29)26-30-9-13-34(53-4)14-10-30/h7-14,19-23,27H,15-18,24-26H2,1-6H3,(H,42,46)/t27-/m0/s1. The average molecular weight is 771 g/mol. The topological polar surface area (TPSA) is 135 Å². The Balaban J connectivity index is 1.36. The van der Waals surface area contributed by atoms with E-state index in [4.69, 9.17) is 29.2 Å². The predicted molar refractivity (Wildman–Crippen MR) is 211 cm³/mol. The Labute approximate surface area is 322 Å². The van der Waals surface area contributed by atoms with E-state index in [-0.39, 0.29) is 11.9 Å². The summed E-state index contributed by atoms with van der Waals surface area (Å²) in [5, 5.41) is 3.25. The van der Waals surface area contributed by atoms with E-state index >= 15 is 0 Å². The van der Waals surface area contributed by atoms with Gasteiger partial charge in [0.25, 0.3) is 0 Å². The molecule has 0 unspecified atom stereocenters. The lowest BCUT2D eigenvalue weighted by molar-refractivity contribution is 0.131. The number of methoxy groups -OCH3 is 3. The summed E-state index contributed by atoms with van der Waals surface area (Å²) in [6.07, 6.45) is 5.21. The van der Waals surface area contributed by atoms with Gasteiger partial charge in [0.2, 0.25) is 15.9 Å². The first kappa shape index (κ1) is 39.3. The number of ether oxygens (including phenoxy) is 3. The van der Waals surface area contributed by atoms with Crippen LogP contribution in [0.2, 0.25) is 0 Å². The molecule has 3 aromatic heterocycles. The van der Waals surface area contributed by atoms with Crippen LogP contribution in [0.5, 0.6) is 17.4 Å². The first-order chi connectivity index (χ1) is 26.4. The highest BCUT2D eigenvalue weighted by atomic mass is 32.2. The van der Waals surface area contributed by atoms with Gasteiger partial charge >= 0.3 is 0 Å². The maximum Gasteiger partial charge on any atom is 0.250 e. The first-order valence-electron chi connectivity index (χ1n) is 17.9. The molecule has 0 amide bonds. The molecule has 0 spiro atoms. The monoisotopic (exact) mass is 770 g/mol. The Morgan fingerprint density at radius 2 is 1.51 bits per heavy atom. The Kier molecular flexibility index (Phi) is 12.4. The molecule has 15 heteroatoms. The molecule has 1 aliphatic heterocycles. The number of nitrogens with one attached hydrogen (secondary N) is 1. The number of aromatic nitrogens is 4. The first-order valence-corrected chi connectivity index (χ1v) is 19.8. The zero-order chi connectivity index (χ0) is 39.1. The minimum Gasteiger partial charge on any atom is -0.497 e. The maximum absolute atomic E-state index is 14.7. The molecular weight excluding hydrogens is 724 g/mol. The summed E-state index contributed by atoms with van der Waals surface area (Å²) in [7, 11) is 1.41. The number of anilines is 3. The molecule has 290 valence electrons. The van der Waals surface area contributed by atoms with Crippen LogP contribution in [-0.4, -0.2) is 97.4 Å². The van der Waals surface area contributed by atoms with Gasteiger partial charge in [-0.1, -0.05) is 24.3 Å². The highest BCUT2D eigenvalue weighted by molar-refractivity contribution is 7.88. The third kappa shape index (κ3) is 10.0. The van der Waals surface area contributed by atoms with Gasteiger partial charge in [-0.2, -0.15) is 4.31 Å². The number of nitrogens with zero attached hydrogens (tertiary/aromatic N) is 7. The van der Waals surface area contributed by atoms with Gasteiger partial charge in [-0.25, -0.2) is 32.7 Å². The molecular formula is C40H47FN8O5S. The number of hydrogen-bond acceptors (Lipinski definition) is 12. The minimum absolute atomic E-state index is 0.0590. The third-order valence-electron chi connectivity index (χ3n) is 9.58. The normalized spacial score (nSPS) is 15.1. The van der Waals surface area contributed by atoms with Crippen molar-refractivity contribution in [3.05, 3.63) is 107 Å². The number of pyridine rings is 2. The largest absolute Gasteiger partial charge is 0.497 e. The number of sulfonamides is 1. The molecule has 4 heterocycles. The summed E-state index contributed by atoms with van der Waals surface area (Å²) < 4.78 is 56.4. The van der Waals surface area contributed by atoms with Gasteiger partial charge in [0.05, 0.1) is 45.2 Å². The van der Waals surface area contributed by atoms with Gasteiger partial charge in [-0.05, 0) is 67.3 Å². The smallest absolute Gasteiger partial charge is 0.250 e. The van der Waals surface area contributed by atoms with Crippen molar-refractivity contribution in [2.45, 2.75) is 39.4 Å². The number of benzene rings is 2.